The third kappa shape index (κ3) is 4.36. The molecule has 0 spiro atoms. The molecule has 3 atom stereocenters. The molecule has 4 aliphatic rings. The normalized spacial score (nSPS) is 25.7. The van der Waals surface area contributed by atoms with E-state index in [9.17, 15) is 14.7 Å². The van der Waals surface area contributed by atoms with Crippen LogP contribution in [-0.2, 0) is 14.3 Å². The molecule has 6 heteroatoms. The Kier molecular flexibility index (Phi) is 6.35. The molecular weight excluding hydrogens is 416 g/mol. The summed E-state index contributed by atoms with van der Waals surface area (Å²) in [7, 11) is 0. The first kappa shape index (κ1) is 22.3. The summed E-state index contributed by atoms with van der Waals surface area (Å²) in [5.41, 5.74) is 5.25. The number of nitrogens with zero attached hydrogens (tertiary/aromatic N) is 2. The van der Waals surface area contributed by atoms with Gasteiger partial charge in [-0.05, 0) is 69.9 Å². The van der Waals surface area contributed by atoms with Gasteiger partial charge in [-0.25, -0.2) is 0 Å². The van der Waals surface area contributed by atoms with E-state index < -0.39 is 5.97 Å². The Hall–Kier alpha value is -2.50. The Balaban J connectivity index is 1.54. The second kappa shape index (κ2) is 9.40. The lowest BCUT2D eigenvalue weighted by Gasteiger charge is -2.50. The number of carboxylic acid groups (broad SMARTS) is 1. The number of carboxylic acids is 1. The van der Waals surface area contributed by atoms with Gasteiger partial charge in [0.1, 0.15) is 6.54 Å². The number of benzene rings is 1. The van der Waals surface area contributed by atoms with Crippen LogP contribution in [0.5, 0.6) is 0 Å². The lowest BCUT2D eigenvalue weighted by atomic mass is 9.80. The van der Waals surface area contributed by atoms with E-state index in [1.807, 2.05) is 13.0 Å². The largest absolute Gasteiger partial charge is 0.480 e. The summed E-state index contributed by atoms with van der Waals surface area (Å²) in [6.45, 7) is 2.35. The van der Waals surface area contributed by atoms with Crippen LogP contribution >= 0.6 is 0 Å². The number of fused-ring (bicyclic) bond motifs is 2. The third-order valence-corrected chi connectivity index (χ3v) is 8.00. The van der Waals surface area contributed by atoms with Crippen LogP contribution in [-0.4, -0.2) is 47.2 Å². The van der Waals surface area contributed by atoms with E-state index in [2.05, 4.69) is 28.0 Å². The van der Waals surface area contributed by atoms with E-state index >= 15 is 0 Å². The van der Waals surface area contributed by atoms with Gasteiger partial charge in [0, 0.05) is 29.4 Å². The Morgan fingerprint density at radius 3 is 2.55 bits per heavy atom. The van der Waals surface area contributed by atoms with Crippen molar-refractivity contribution in [3.63, 3.8) is 0 Å². The van der Waals surface area contributed by atoms with Crippen LogP contribution < -0.4 is 4.90 Å². The molecule has 1 N–H and O–H groups in total. The van der Waals surface area contributed by atoms with Crippen LogP contribution in [0.4, 0.5) is 5.69 Å². The highest BCUT2D eigenvalue weighted by Gasteiger charge is 2.49. The van der Waals surface area contributed by atoms with Crippen molar-refractivity contribution in [1.29, 1.82) is 0 Å². The third-order valence-electron chi connectivity index (χ3n) is 8.00. The first-order valence-corrected chi connectivity index (χ1v) is 12.8. The number of carbonyl (C=O) groups is 2. The van der Waals surface area contributed by atoms with Crippen LogP contribution in [0.1, 0.15) is 82.7 Å². The lowest BCUT2D eigenvalue weighted by molar-refractivity contribution is -0.143. The van der Waals surface area contributed by atoms with Crippen LogP contribution in [0.3, 0.4) is 0 Å². The van der Waals surface area contributed by atoms with E-state index in [0.717, 1.165) is 44.2 Å². The number of aliphatic carboxylic acids is 1. The first-order valence-electron chi connectivity index (χ1n) is 12.8. The molecule has 0 bridgehead atoms. The second-order valence-corrected chi connectivity index (χ2v) is 10.0. The monoisotopic (exact) mass is 452 g/mol. The molecule has 3 aliphatic carbocycles. The predicted molar refractivity (Wildman–Crippen MR) is 127 cm³/mol. The molecule has 1 aliphatic heterocycles. The first-order chi connectivity index (χ1) is 16.1. The van der Waals surface area contributed by atoms with Gasteiger partial charge >= 0.3 is 11.9 Å². The molecule has 6 nitrogen and oxygen atoms in total. The molecule has 0 saturated heterocycles. The van der Waals surface area contributed by atoms with Crippen molar-refractivity contribution in [3.05, 3.63) is 41.1 Å². The van der Waals surface area contributed by atoms with Gasteiger partial charge in [0.2, 0.25) is 0 Å². The highest BCUT2D eigenvalue weighted by molar-refractivity contribution is 5.75. The van der Waals surface area contributed by atoms with Crippen LogP contribution in [0, 0.1) is 5.92 Å². The summed E-state index contributed by atoms with van der Waals surface area (Å²) >= 11 is 0. The number of ether oxygens (including phenoxy) is 1. The SMILES string of the molecule is CCOC(=O)CCC(=C1CCC1)N(C1CC1)C1c2ccccc2N(CC(=O)O)C2CCCC21. The summed E-state index contributed by atoms with van der Waals surface area (Å²) in [6.07, 6.45) is 10.4. The van der Waals surface area contributed by atoms with Gasteiger partial charge in [0.25, 0.3) is 0 Å². The molecule has 178 valence electrons. The fraction of sp³-hybridized carbons (Fsp3) is 0.630. The smallest absolute Gasteiger partial charge is 0.323 e. The molecule has 0 amide bonds. The molecule has 1 heterocycles. The number of hydrogen-bond donors (Lipinski definition) is 1. The van der Waals surface area contributed by atoms with Crippen molar-refractivity contribution < 1.29 is 19.4 Å². The molecule has 1 aromatic rings. The Morgan fingerprint density at radius 1 is 1.09 bits per heavy atom. The number of esters is 1. The highest BCUT2D eigenvalue weighted by Crippen LogP contribution is 2.54. The van der Waals surface area contributed by atoms with Crippen molar-refractivity contribution in [2.24, 2.45) is 5.92 Å². The summed E-state index contributed by atoms with van der Waals surface area (Å²) in [6, 6.07) is 9.51. The number of anilines is 1. The summed E-state index contributed by atoms with van der Waals surface area (Å²) in [5.74, 6) is -0.459. The zero-order chi connectivity index (χ0) is 22.9. The van der Waals surface area contributed by atoms with E-state index in [1.165, 1.54) is 36.1 Å². The summed E-state index contributed by atoms with van der Waals surface area (Å²) < 4.78 is 5.26. The molecule has 3 unspecified atom stereocenters. The highest BCUT2D eigenvalue weighted by atomic mass is 16.5. The maximum atomic E-state index is 12.3. The number of para-hydroxylation sites is 1. The van der Waals surface area contributed by atoms with Gasteiger partial charge in [0.15, 0.2) is 0 Å². The molecular formula is C27H36N2O4. The van der Waals surface area contributed by atoms with Crippen LogP contribution in [0.25, 0.3) is 0 Å². The van der Waals surface area contributed by atoms with Crippen molar-refractivity contribution in [3.8, 4) is 0 Å². The van der Waals surface area contributed by atoms with Crippen molar-refractivity contribution >= 4 is 17.6 Å². The van der Waals surface area contributed by atoms with E-state index in [-0.39, 0.29) is 24.6 Å². The standard InChI is InChI=1S/C27H36N2O4/c1-2-33-26(32)16-15-22(18-7-5-8-18)29(19-13-14-19)27-20-9-3-4-11-23(20)28(17-25(30)31)24-12-6-10-21(24)27/h3-4,9,11,19,21,24,27H,2,5-8,10,12-17H2,1H3,(H,30,31). The minimum atomic E-state index is -0.764. The molecule has 1 aromatic carbocycles. The molecule has 3 saturated carbocycles. The predicted octanol–water partition coefficient (Wildman–Crippen LogP) is 5.05. The minimum Gasteiger partial charge on any atom is -0.480 e. The summed E-state index contributed by atoms with van der Waals surface area (Å²) in [5, 5.41) is 9.65. The number of allylic oxidation sites excluding steroid dienone is 2. The van der Waals surface area contributed by atoms with Crippen LogP contribution in [0.15, 0.2) is 35.5 Å². The maximum Gasteiger partial charge on any atom is 0.323 e. The van der Waals surface area contributed by atoms with E-state index in [4.69, 9.17) is 4.74 Å². The summed E-state index contributed by atoms with van der Waals surface area (Å²) in [4.78, 5) is 28.9. The van der Waals surface area contributed by atoms with Gasteiger partial charge in [-0.15, -0.1) is 0 Å². The van der Waals surface area contributed by atoms with Gasteiger partial charge in [-0.3, -0.25) is 9.59 Å². The fourth-order valence-electron chi connectivity index (χ4n) is 6.39. The molecule has 3 fully saturated rings. The van der Waals surface area contributed by atoms with Crippen molar-refractivity contribution in [1.82, 2.24) is 4.90 Å². The average molecular weight is 453 g/mol. The zero-order valence-corrected chi connectivity index (χ0v) is 19.7. The average Bonchev–Trinajstić information content (AvgIpc) is 3.48. The quantitative estimate of drug-likeness (QED) is 0.529. The lowest BCUT2D eigenvalue weighted by Crippen LogP contribution is -2.51. The number of rotatable bonds is 9. The van der Waals surface area contributed by atoms with Gasteiger partial charge in [0.05, 0.1) is 19.1 Å². The Bertz CT molecular complexity index is 932. The van der Waals surface area contributed by atoms with E-state index in [0.29, 0.717) is 25.0 Å². The van der Waals surface area contributed by atoms with Crippen molar-refractivity contribution in [2.75, 3.05) is 18.1 Å². The Labute approximate surface area is 196 Å². The molecule has 33 heavy (non-hydrogen) atoms. The molecule has 0 radical (unpaired) electrons. The zero-order valence-electron chi connectivity index (χ0n) is 19.7. The second-order valence-electron chi connectivity index (χ2n) is 10.0. The van der Waals surface area contributed by atoms with Gasteiger partial charge in [-0.2, -0.15) is 0 Å². The minimum absolute atomic E-state index is 0.0606. The topological polar surface area (TPSA) is 70.1 Å². The van der Waals surface area contributed by atoms with E-state index in [1.54, 1.807) is 0 Å². The van der Waals surface area contributed by atoms with Crippen molar-refractivity contribution in [2.45, 2.75) is 89.3 Å². The number of carbonyl (C=O) groups excluding carboxylic acids is 1. The fourth-order valence-corrected chi connectivity index (χ4v) is 6.39. The molecule has 5 rings (SSSR count). The Morgan fingerprint density at radius 2 is 1.88 bits per heavy atom. The number of hydrogen-bond acceptors (Lipinski definition) is 5. The molecule has 0 aromatic heterocycles. The van der Waals surface area contributed by atoms with Gasteiger partial charge in [-0.1, -0.05) is 30.2 Å². The van der Waals surface area contributed by atoms with Crippen LogP contribution in [0.2, 0.25) is 0 Å². The van der Waals surface area contributed by atoms with Gasteiger partial charge < -0.3 is 19.6 Å². The maximum absolute atomic E-state index is 12.3.